The van der Waals surface area contributed by atoms with Crippen molar-refractivity contribution in [1.29, 1.82) is 5.41 Å². The molecular formula is C4H7IN2O. The third-order valence-electron chi connectivity index (χ3n) is 0.903. The topological polar surface area (TPSA) is 45.1 Å². The third kappa shape index (κ3) is 1.50. The molecule has 3 nitrogen and oxygen atoms in total. The van der Waals surface area contributed by atoms with Gasteiger partial charge < -0.3 is 10.1 Å². The van der Waals surface area contributed by atoms with Crippen LogP contribution in [0.15, 0.2) is 0 Å². The largest absolute Gasteiger partial charge is 0.451 e. The summed E-state index contributed by atoms with van der Waals surface area (Å²) in [5.41, 5.74) is 0. The summed E-state index contributed by atoms with van der Waals surface area (Å²) in [7, 11) is 0. The number of hydrogen-bond acceptors (Lipinski definition) is 2. The molecule has 4 heteroatoms. The first-order chi connectivity index (χ1) is 3.79. The molecule has 0 aromatic carbocycles. The summed E-state index contributed by atoms with van der Waals surface area (Å²) in [6, 6.07) is 0.204. The molecular weight excluding hydrogens is 219 g/mol. The van der Waals surface area contributed by atoms with Crippen LogP contribution in [0.5, 0.6) is 0 Å². The Labute approximate surface area is 61.4 Å². The van der Waals surface area contributed by atoms with E-state index in [1.807, 2.05) is 0 Å². The summed E-state index contributed by atoms with van der Waals surface area (Å²) in [6.07, 6.45) is 0.989. The molecule has 1 rings (SSSR count). The van der Waals surface area contributed by atoms with Crippen molar-refractivity contribution in [2.45, 2.75) is 10.5 Å². The van der Waals surface area contributed by atoms with E-state index in [0.717, 1.165) is 13.0 Å². The summed E-state index contributed by atoms with van der Waals surface area (Å²) >= 11 is 2.17. The van der Waals surface area contributed by atoms with Gasteiger partial charge in [-0.15, -0.1) is 0 Å². The van der Waals surface area contributed by atoms with E-state index in [-0.39, 0.29) is 10.1 Å². The van der Waals surface area contributed by atoms with Gasteiger partial charge in [-0.05, 0) is 22.6 Å². The highest BCUT2D eigenvalue weighted by molar-refractivity contribution is 14.1. The molecule has 0 radical (unpaired) electrons. The smallest absolute Gasteiger partial charge is 0.282 e. The van der Waals surface area contributed by atoms with E-state index < -0.39 is 0 Å². The van der Waals surface area contributed by atoms with Crippen LogP contribution in [0.3, 0.4) is 0 Å². The lowest BCUT2D eigenvalue weighted by Gasteiger charge is -2.19. The SMILES string of the molecule is N=C1NCCC(I)O1. The Balaban J connectivity index is 2.34. The van der Waals surface area contributed by atoms with E-state index in [9.17, 15) is 0 Å². The van der Waals surface area contributed by atoms with Crippen LogP contribution in [0.1, 0.15) is 6.42 Å². The van der Waals surface area contributed by atoms with Crippen LogP contribution in [-0.2, 0) is 4.74 Å². The molecule has 1 unspecified atom stereocenters. The Bertz CT molecular complexity index is 106. The van der Waals surface area contributed by atoms with Gasteiger partial charge >= 0.3 is 0 Å². The van der Waals surface area contributed by atoms with Crippen molar-refractivity contribution in [3.05, 3.63) is 0 Å². The lowest BCUT2D eigenvalue weighted by molar-refractivity contribution is 0.237. The number of halogens is 1. The minimum atomic E-state index is 0.196. The summed E-state index contributed by atoms with van der Waals surface area (Å²) in [4.78, 5) is 0. The third-order valence-corrected chi connectivity index (χ3v) is 1.78. The zero-order valence-electron chi connectivity index (χ0n) is 4.28. The summed E-state index contributed by atoms with van der Waals surface area (Å²) in [6.45, 7) is 0.868. The van der Waals surface area contributed by atoms with Gasteiger partial charge in [0.05, 0.1) is 0 Å². The molecule has 0 spiro atoms. The number of hydrogen-bond donors (Lipinski definition) is 2. The van der Waals surface area contributed by atoms with Crippen molar-refractivity contribution in [3.8, 4) is 0 Å². The average molecular weight is 226 g/mol. The van der Waals surface area contributed by atoms with Crippen LogP contribution in [0.4, 0.5) is 0 Å². The molecule has 1 fully saturated rings. The predicted molar refractivity (Wildman–Crippen MR) is 39.2 cm³/mol. The first-order valence-corrected chi connectivity index (χ1v) is 3.67. The Kier molecular flexibility index (Phi) is 1.93. The molecule has 2 N–H and O–H groups in total. The minimum Gasteiger partial charge on any atom is -0.451 e. The fraction of sp³-hybridized carbons (Fsp3) is 0.750. The van der Waals surface area contributed by atoms with Gasteiger partial charge in [0.2, 0.25) is 0 Å². The number of ether oxygens (including phenoxy) is 1. The van der Waals surface area contributed by atoms with E-state index >= 15 is 0 Å². The molecule has 0 aliphatic carbocycles. The van der Waals surface area contributed by atoms with Gasteiger partial charge in [0.1, 0.15) is 0 Å². The van der Waals surface area contributed by atoms with Crippen LogP contribution in [-0.4, -0.2) is 16.7 Å². The van der Waals surface area contributed by atoms with Crippen molar-refractivity contribution in [2.75, 3.05) is 6.54 Å². The monoisotopic (exact) mass is 226 g/mol. The molecule has 0 aromatic heterocycles. The van der Waals surface area contributed by atoms with E-state index in [0.29, 0.717) is 0 Å². The molecule has 0 amide bonds. The van der Waals surface area contributed by atoms with Crippen molar-refractivity contribution in [3.63, 3.8) is 0 Å². The van der Waals surface area contributed by atoms with E-state index in [2.05, 4.69) is 27.9 Å². The van der Waals surface area contributed by atoms with Gasteiger partial charge in [-0.1, -0.05) is 0 Å². The van der Waals surface area contributed by atoms with E-state index in [4.69, 9.17) is 10.1 Å². The Hall–Kier alpha value is -0.0000000000000000555. The molecule has 1 saturated heterocycles. The van der Waals surface area contributed by atoms with Crippen LogP contribution in [0.25, 0.3) is 0 Å². The predicted octanol–water partition coefficient (Wildman–Crippen LogP) is 0.692. The second kappa shape index (κ2) is 2.52. The summed E-state index contributed by atoms with van der Waals surface area (Å²) < 4.78 is 5.14. The molecule has 0 bridgehead atoms. The second-order valence-electron chi connectivity index (χ2n) is 1.57. The fourth-order valence-corrected chi connectivity index (χ4v) is 1.09. The van der Waals surface area contributed by atoms with E-state index in [1.54, 1.807) is 0 Å². The molecule has 46 valence electrons. The number of alkyl halides is 1. The number of nitrogens with one attached hydrogen (secondary N) is 2. The van der Waals surface area contributed by atoms with Gasteiger partial charge in [-0.2, -0.15) is 0 Å². The fourth-order valence-electron chi connectivity index (χ4n) is 0.528. The molecule has 1 aliphatic heterocycles. The Morgan fingerprint density at radius 2 is 2.62 bits per heavy atom. The van der Waals surface area contributed by atoms with Gasteiger partial charge in [-0.25, -0.2) is 0 Å². The van der Waals surface area contributed by atoms with Gasteiger partial charge in [0.25, 0.3) is 6.02 Å². The highest BCUT2D eigenvalue weighted by atomic mass is 127. The van der Waals surface area contributed by atoms with Crippen LogP contribution in [0.2, 0.25) is 0 Å². The average Bonchev–Trinajstić information content (AvgIpc) is 1.64. The Morgan fingerprint density at radius 1 is 1.88 bits per heavy atom. The van der Waals surface area contributed by atoms with Gasteiger partial charge in [-0.3, -0.25) is 5.41 Å². The van der Waals surface area contributed by atoms with Crippen LogP contribution in [0, 0.1) is 5.41 Å². The number of rotatable bonds is 0. The first-order valence-electron chi connectivity index (χ1n) is 2.42. The van der Waals surface area contributed by atoms with Gasteiger partial charge in [0, 0.05) is 13.0 Å². The number of amidine groups is 1. The zero-order chi connectivity index (χ0) is 5.98. The van der Waals surface area contributed by atoms with Crippen molar-refractivity contribution in [1.82, 2.24) is 5.32 Å². The minimum absolute atomic E-state index is 0.196. The molecule has 8 heavy (non-hydrogen) atoms. The standard InChI is InChI=1S/C4H7IN2O/c5-3-1-2-7-4(6)8-3/h3H,1-2H2,(H2,6,7). The van der Waals surface area contributed by atoms with Crippen LogP contribution >= 0.6 is 22.6 Å². The highest BCUT2D eigenvalue weighted by Gasteiger charge is 2.12. The molecule has 1 atom stereocenters. The first kappa shape index (κ1) is 6.12. The highest BCUT2D eigenvalue weighted by Crippen LogP contribution is 2.09. The van der Waals surface area contributed by atoms with Crippen molar-refractivity contribution < 1.29 is 4.74 Å². The maximum absolute atomic E-state index is 6.98. The lowest BCUT2D eigenvalue weighted by Crippen LogP contribution is -2.35. The summed E-state index contributed by atoms with van der Waals surface area (Å²) in [5, 5.41) is 9.75. The van der Waals surface area contributed by atoms with Crippen molar-refractivity contribution >= 4 is 28.6 Å². The molecule has 1 aliphatic rings. The van der Waals surface area contributed by atoms with Gasteiger partial charge in [0.15, 0.2) is 4.11 Å². The summed E-state index contributed by atoms with van der Waals surface area (Å²) in [5.74, 6) is 0. The maximum Gasteiger partial charge on any atom is 0.282 e. The van der Waals surface area contributed by atoms with E-state index in [1.165, 1.54) is 0 Å². The quantitative estimate of drug-likeness (QED) is 0.471. The molecule has 0 aromatic rings. The maximum atomic E-state index is 6.98. The molecule has 0 saturated carbocycles. The Morgan fingerprint density at radius 3 is 3.00 bits per heavy atom. The van der Waals surface area contributed by atoms with Crippen molar-refractivity contribution in [2.24, 2.45) is 0 Å². The zero-order valence-corrected chi connectivity index (χ0v) is 6.44. The molecule has 1 heterocycles. The van der Waals surface area contributed by atoms with Crippen LogP contribution < -0.4 is 5.32 Å². The second-order valence-corrected chi connectivity index (χ2v) is 2.96. The normalized spacial score (nSPS) is 28.6. The lowest BCUT2D eigenvalue weighted by atomic mass is 10.4.